The van der Waals surface area contributed by atoms with Gasteiger partial charge >= 0.3 is 0 Å². The number of hydrogen-bond donors (Lipinski definition) is 2. The van der Waals surface area contributed by atoms with Crippen molar-refractivity contribution >= 4 is 5.91 Å². The van der Waals surface area contributed by atoms with Crippen LogP contribution in [0.1, 0.15) is 60.8 Å². The molecule has 23 heavy (non-hydrogen) atoms. The lowest BCUT2D eigenvalue weighted by molar-refractivity contribution is -0.125. The SMILES string of the molecule is CC[C@@H]1CN(CC(C)(C)O)[C@@H](CC)CN1CC(=O)N[C@@H](C)CC. The highest BCUT2D eigenvalue weighted by atomic mass is 16.3. The van der Waals surface area contributed by atoms with Crippen LogP contribution in [0.25, 0.3) is 0 Å². The minimum Gasteiger partial charge on any atom is -0.389 e. The lowest BCUT2D eigenvalue weighted by atomic mass is 9.99. The summed E-state index contributed by atoms with van der Waals surface area (Å²) in [6.45, 7) is 15.2. The summed E-state index contributed by atoms with van der Waals surface area (Å²) in [4.78, 5) is 17.0. The Bertz CT molecular complexity index is 368. The smallest absolute Gasteiger partial charge is 0.234 e. The number of nitrogens with zero attached hydrogens (tertiary/aromatic N) is 2. The molecule has 0 spiro atoms. The highest BCUT2D eigenvalue weighted by molar-refractivity contribution is 5.78. The van der Waals surface area contributed by atoms with E-state index in [4.69, 9.17) is 0 Å². The fraction of sp³-hybridized carbons (Fsp3) is 0.944. The van der Waals surface area contributed by atoms with Crippen LogP contribution in [0.5, 0.6) is 0 Å². The van der Waals surface area contributed by atoms with Crippen molar-refractivity contribution in [3.05, 3.63) is 0 Å². The van der Waals surface area contributed by atoms with Gasteiger partial charge in [0.1, 0.15) is 0 Å². The van der Waals surface area contributed by atoms with Crippen molar-refractivity contribution in [3.8, 4) is 0 Å². The lowest BCUT2D eigenvalue weighted by Gasteiger charge is -2.47. The minimum atomic E-state index is -0.679. The van der Waals surface area contributed by atoms with Gasteiger partial charge in [0, 0.05) is 37.8 Å². The summed E-state index contributed by atoms with van der Waals surface area (Å²) in [5.74, 6) is 0.128. The molecule has 0 radical (unpaired) electrons. The highest BCUT2D eigenvalue weighted by Crippen LogP contribution is 2.21. The number of β-amino-alcohol motifs (C(OH)–C–C–N with tert-alkyl or cyclic N) is 1. The molecular formula is C18H37N3O2. The Hall–Kier alpha value is -0.650. The Morgan fingerprint density at radius 1 is 1.17 bits per heavy atom. The summed E-state index contributed by atoms with van der Waals surface area (Å²) in [5, 5.41) is 13.2. The summed E-state index contributed by atoms with van der Waals surface area (Å²) in [6, 6.07) is 1.02. The quantitative estimate of drug-likeness (QED) is 0.714. The minimum absolute atomic E-state index is 0.128. The summed E-state index contributed by atoms with van der Waals surface area (Å²) in [5.41, 5.74) is -0.679. The van der Waals surface area contributed by atoms with E-state index in [-0.39, 0.29) is 11.9 Å². The number of aliphatic hydroxyl groups is 1. The zero-order chi connectivity index (χ0) is 17.6. The standard InChI is InChI=1S/C18H37N3O2/c1-7-14(4)19-17(22)12-20-10-16(9-3)21(11-15(20)8-2)13-18(5,6)23/h14-16,23H,7-13H2,1-6H3,(H,19,22)/t14-,15+,16-/m0/s1. The van der Waals surface area contributed by atoms with Gasteiger partial charge in [0.05, 0.1) is 12.1 Å². The van der Waals surface area contributed by atoms with Crippen LogP contribution in [0.15, 0.2) is 0 Å². The molecular weight excluding hydrogens is 290 g/mol. The van der Waals surface area contributed by atoms with Crippen molar-refractivity contribution in [2.75, 3.05) is 26.2 Å². The lowest BCUT2D eigenvalue weighted by Crippen LogP contribution is -2.61. The van der Waals surface area contributed by atoms with E-state index in [0.29, 0.717) is 25.2 Å². The van der Waals surface area contributed by atoms with Gasteiger partial charge in [-0.2, -0.15) is 0 Å². The van der Waals surface area contributed by atoms with Gasteiger partial charge in [-0.25, -0.2) is 0 Å². The Kier molecular flexibility index (Phi) is 7.98. The van der Waals surface area contributed by atoms with Crippen LogP contribution >= 0.6 is 0 Å². The molecule has 0 aromatic rings. The molecule has 1 rings (SSSR count). The molecule has 0 bridgehead atoms. The summed E-state index contributed by atoms with van der Waals surface area (Å²) < 4.78 is 0. The topological polar surface area (TPSA) is 55.8 Å². The first kappa shape index (κ1) is 20.4. The second kappa shape index (κ2) is 9.00. The van der Waals surface area contributed by atoms with Crippen LogP contribution in [-0.4, -0.2) is 70.7 Å². The van der Waals surface area contributed by atoms with E-state index < -0.39 is 5.60 Å². The first-order valence-corrected chi connectivity index (χ1v) is 9.19. The van der Waals surface area contributed by atoms with Crippen molar-refractivity contribution in [3.63, 3.8) is 0 Å². The number of hydrogen-bond acceptors (Lipinski definition) is 4. The van der Waals surface area contributed by atoms with E-state index >= 15 is 0 Å². The fourth-order valence-corrected chi connectivity index (χ4v) is 3.34. The molecule has 2 N–H and O–H groups in total. The molecule has 5 heteroatoms. The van der Waals surface area contributed by atoms with Gasteiger partial charge in [0.2, 0.25) is 5.91 Å². The average molecular weight is 328 g/mol. The summed E-state index contributed by atoms with van der Waals surface area (Å²) in [6.07, 6.45) is 3.02. The Morgan fingerprint density at radius 2 is 1.70 bits per heavy atom. The molecule has 1 heterocycles. The molecule has 0 aliphatic carbocycles. The zero-order valence-corrected chi connectivity index (χ0v) is 15.9. The molecule has 0 saturated carbocycles. The van der Waals surface area contributed by atoms with Crippen LogP contribution in [0.3, 0.4) is 0 Å². The molecule has 1 amide bonds. The Labute approximate surface area is 142 Å². The van der Waals surface area contributed by atoms with Gasteiger partial charge in [-0.15, -0.1) is 0 Å². The highest BCUT2D eigenvalue weighted by Gasteiger charge is 2.35. The van der Waals surface area contributed by atoms with Crippen LogP contribution in [0.4, 0.5) is 0 Å². The molecule has 1 fully saturated rings. The third kappa shape index (κ3) is 6.77. The molecule has 5 nitrogen and oxygen atoms in total. The predicted molar refractivity (Wildman–Crippen MR) is 95.5 cm³/mol. The van der Waals surface area contributed by atoms with Crippen LogP contribution in [0, 0.1) is 0 Å². The van der Waals surface area contributed by atoms with Gasteiger partial charge in [-0.3, -0.25) is 14.6 Å². The maximum Gasteiger partial charge on any atom is 0.234 e. The van der Waals surface area contributed by atoms with Crippen molar-refractivity contribution in [2.45, 2.75) is 84.5 Å². The van der Waals surface area contributed by atoms with Crippen LogP contribution in [-0.2, 0) is 4.79 Å². The molecule has 1 aliphatic heterocycles. The predicted octanol–water partition coefficient (Wildman–Crippen LogP) is 1.85. The molecule has 3 atom stereocenters. The van der Waals surface area contributed by atoms with E-state index in [2.05, 4.69) is 35.9 Å². The maximum atomic E-state index is 12.2. The first-order valence-electron chi connectivity index (χ1n) is 9.19. The summed E-state index contributed by atoms with van der Waals surface area (Å²) >= 11 is 0. The van der Waals surface area contributed by atoms with Crippen LogP contribution in [0.2, 0.25) is 0 Å². The number of nitrogens with one attached hydrogen (secondary N) is 1. The maximum absolute atomic E-state index is 12.2. The van der Waals surface area contributed by atoms with Crippen molar-refractivity contribution in [2.24, 2.45) is 0 Å². The van der Waals surface area contributed by atoms with E-state index in [1.807, 2.05) is 20.8 Å². The third-order valence-electron chi connectivity index (χ3n) is 4.82. The van der Waals surface area contributed by atoms with E-state index in [0.717, 1.165) is 32.4 Å². The molecule has 0 aromatic carbocycles. The summed E-state index contributed by atoms with van der Waals surface area (Å²) in [7, 11) is 0. The molecule has 0 unspecified atom stereocenters. The normalized spacial score (nSPS) is 25.3. The zero-order valence-electron chi connectivity index (χ0n) is 15.9. The monoisotopic (exact) mass is 327 g/mol. The number of rotatable bonds is 8. The first-order chi connectivity index (χ1) is 10.7. The second-order valence-electron chi connectivity index (χ2n) is 7.67. The van der Waals surface area contributed by atoms with E-state index in [1.165, 1.54) is 0 Å². The average Bonchev–Trinajstić information content (AvgIpc) is 2.46. The largest absolute Gasteiger partial charge is 0.389 e. The van der Waals surface area contributed by atoms with Gasteiger partial charge in [0.25, 0.3) is 0 Å². The number of amides is 1. The van der Waals surface area contributed by atoms with Crippen LogP contribution < -0.4 is 5.32 Å². The van der Waals surface area contributed by atoms with Gasteiger partial charge in [-0.1, -0.05) is 20.8 Å². The van der Waals surface area contributed by atoms with Crippen molar-refractivity contribution in [1.82, 2.24) is 15.1 Å². The molecule has 136 valence electrons. The second-order valence-corrected chi connectivity index (χ2v) is 7.67. The fourth-order valence-electron chi connectivity index (χ4n) is 3.34. The Morgan fingerprint density at radius 3 is 2.17 bits per heavy atom. The van der Waals surface area contributed by atoms with Gasteiger partial charge in [-0.05, 0) is 40.0 Å². The van der Waals surface area contributed by atoms with Gasteiger partial charge < -0.3 is 10.4 Å². The number of piperazine rings is 1. The van der Waals surface area contributed by atoms with Gasteiger partial charge in [0.15, 0.2) is 0 Å². The van der Waals surface area contributed by atoms with Crippen molar-refractivity contribution < 1.29 is 9.90 Å². The number of carbonyl (C=O) groups is 1. The molecule has 1 saturated heterocycles. The molecule has 0 aromatic heterocycles. The third-order valence-corrected chi connectivity index (χ3v) is 4.82. The van der Waals surface area contributed by atoms with E-state index in [1.54, 1.807) is 0 Å². The Balaban J connectivity index is 2.70. The van der Waals surface area contributed by atoms with E-state index in [9.17, 15) is 9.90 Å². The van der Waals surface area contributed by atoms with Crippen molar-refractivity contribution in [1.29, 1.82) is 0 Å². The molecule has 1 aliphatic rings. The number of carbonyl (C=O) groups excluding carboxylic acids is 1.